The van der Waals surface area contributed by atoms with Crippen molar-refractivity contribution in [3.8, 4) is 6.07 Å². The smallest absolute Gasteiger partial charge is 0.339 e. The third kappa shape index (κ3) is 2.95. The van der Waals surface area contributed by atoms with E-state index in [0.29, 0.717) is 22.6 Å². The van der Waals surface area contributed by atoms with Gasteiger partial charge in [-0.15, -0.1) is 0 Å². The molecule has 0 aliphatic carbocycles. The van der Waals surface area contributed by atoms with Crippen molar-refractivity contribution < 1.29 is 9.90 Å². The molecule has 0 aliphatic heterocycles. The maximum Gasteiger partial charge on any atom is 0.339 e. The predicted molar refractivity (Wildman–Crippen MR) is 78.1 cm³/mol. The number of aromatic nitrogens is 1. The van der Waals surface area contributed by atoms with Crippen molar-refractivity contribution in [2.45, 2.75) is 6.92 Å². The average molecular weight is 332 g/mol. The molecule has 0 saturated heterocycles. The number of pyridine rings is 1. The van der Waals surface area contributed by atoms with Crippen LogP contribution in [0.25, 0.3) is 0 Å². The highest BCUT2D eigenvalue weighted by Gasteiger charge is 2.13. The Morgan fingerprint density at radius 2 is 2.15 bits per heavy atom. The van der Waals surface area contributed by atoms with Crippen LogP contribution in [0, 0.1) is 18.3 Å². The maximum absolute atomic E-state index is 11.2. The number of carboxylic acid groups (broad SMARTS) is 1. The first-order chi connectivity index (χ1) is 9.51. The van der Waals surface area contributed by atoms with Crippen molar-refractivity contribution in [1.29, 1.82) is 5.26 Å². The molecule has 0 saturated carbocycles. The molecule has 0 spiro atoms. The van der Waals surface area contributed by atoms with Crippen molar-refractivity contribution in [2.75, 3.05) is 5.32 Å². The number of nitriles is 1. The number of benzene rings is 1. The fourth-order valence-corrected chi connectivity index (χ4v) is 2.06. The Balaban J connectivity index is 2.50. The van der Waals surface area contributed by atoms with Gasteiger partial charge in [-0.1, -0.05) is 15.9 Å². The highest BCUT2D eigenvalue weighted by molar-refractivity contribution is 9.10. The number of aromatic carboxylic acids is 1. The van der Waals surface area contributed by atoms with Crippen LogP contribution in [-0.4, -0.2) is 16.1 Å². The number of carbonyl (C=O) groups is 1. The summed E-state index contributed by atoms with van der Waals surface area (Å²) in [4.78, 5) is 15.2. The van der Waals surface area contributed by atoms with E-state index >= 15 is 0 Å². The topological polar surface area (TPSA) is 86.0 Å². The summed E-state index contributed by atoms with van der Waals surface area (Å²) >= 11 is 3.32. The molecule has 2 N–H and O–H groups in total. The standard InChI is InChI=1S/C14H10BrN3O2/c1-8-4-13(11(7-17-8)14(19)20)18-12-5-10(15)3-2-9(12)6-16/h2-5,7H,1H3,(H,17,18)(H,19,20). The molecule has 2 rings (SSSR count). The van der Waals surface area contributed by atoms with Gasteiger partial charge in [0, 0.05) is 16.4 Å². The number of nitrogens with one attached hydrogen (secondary N) is 1. The van der Waals surface area contributed by atoms with Crippen LogP contribution >= 0.6 is 15.9 Å². The minimum absolute atomic E-state index is 0.0551. The van der Waals surface area contributed by atoms with Crippen LogP contribution in [0.3, 0.4) is 0 Å². The molecule has 0 radical (unpaired) electrons. The SMILES string of the molecule is Cc1cc(Nc2cc(Br)ccc2C#N)c(C(=O)O)cn1. The summed E-state index contributed by atoms with van der Waals surface area (Å²) in [6.45, 7) is 1.77. The number of carboxylic acids is 1. The lowest BCUT2D eigenvalue weighted by molar-refractivity contribution is 0.0697. The number of anilines is 2. The number of halogens is 1. The van der Waals surface area contributed by atoms with E-state index in [1.54, 1.807) is 31.2 Å². The number of nitrogens with zero attached hydrogens (tertiary/aromatic N) is 2. The molecule has 5 nitrogen and oxygen atoms in total. The van der Waals surface area contributed by atoms with Gasteiger partial charge < -0.3 is 10.4 Å². The summed E-state index contributed by atoms with van der Waals surface area (Å²) in [7, 11) is 0. The van der Waals surface area contributed by atoms with Crippen molar-refractivity contribution in [3.05, 3.63) is 51.8 Å². The first-order valence-electron chi connectivity index (χ1n) is 5.68. The van der Waals surface area contributed by atoms with E-state index < -0.39 is 5.97 Å². The van der Waals surface area contributed by atoms with E-state index in [-0.39, 0.29) is 5.56 Å². The summed E-state index contributed by atoms with van der Waals surface area (Å²) in [5.41, 5.74) is 2.11. The van der Waals surface area contributed by atoms with E-state index in [9.17, 15) is 4.79 Å². The van der Waals surface area contributed by atoms with Crippen LogP contribution in [0.15, 0.2) is 34.9 Å². The zero-order chi connectivity index (χ0) is 14.7. The van der Waals surface area contributed by atoms with Gasteiger partial charge in [0.2, 0.25) is 0 Å². The quantitative estimate of drug-likeness (QED) is 0.899. The molecule has 0 amide bonds. The molecular formula is C14H10BrN3O2. The van der Waals surface area contributed by atoms with E-state index in [0.717, 1.165) is 4.47 Å². The van der Waals surface area contributed by atoms with Crippen LogP contribution in [-0.2, 0) is 0 Å². The lowest BCUT2D eigenvalue weighted by atomic mass is 10.1. The molecule has 0 aliphatic rings. The van der Waals surface area contributed by atoms with Crippen molar-refractivity contribution in [1.82, 2.24) is 4.98 Å². The normalized spacial score (nSPS) is 9.85. The summed E-state index contributed by atoms with van der Waals surface area (Å²) < 4.78 is 0.793. The van der Waals surface area contributed by atoms with E-state index in [2.05, 4.69) is 32.3 Å². The number of hydrogen-bond acceptors (Lipinski definition) is 4. The highest BCUT2D eigenvalue weighted by atomic mass is 79.9. The molecule has 0 fully saturated rings. The maximum atomic E-state index is 11.2. The Kier molecular flexibility index (Phi) is 4.01. The van der Waals surface area contributed by atoms with Crippen LogP contribution in [0.1, 0.15) is 21.6 Å². The second-order valence-electron chi connectivity index (χ2n) is 4.10. The van der Waals surface area contributed by atoms with Gasteiger partial charge in [0.25, 0.3) is 0 Å². The first kappa shape index (κ1) is 14.0. The Morgan fingerprint density at radius 3 is 2.80 bits per heavy atom. The first-order valence-corrected chi connectivity index (χ1v) is 6.47. The molecule has 6 heteroatoms. The van der Waals surface area contributed by atoms with Gasteiger partial charge in [-0.2, -0.15) is 5.26 Å². The Labute approximate surface area is 124 Å². The third-order valence-corrected chi connectivity index (χ3v) is 3.14. The van der Waals surface area contributed by atoms with Crippen molar-refractivity contribution >= 4 is 33.3 Å². The van der Waals surface area contributed by atoms with Gasteiger partial charge in [0.1, 0.15) is 11.6 Å². The molecular weight excluding hydrogens is 322 g/mol. The van der Waals surface area contributed by atoms with Gasteiger partial charge in [0.15, 0.2) is 0 Å². The largest absolute Gasteiger partial charge is 0.478 e. The van der Waals surface area contributed by atoms with Gasteiger partial charge in [-0.25, -0.2) is 4.79 Å². The van der Waals surface area contributed by atoms with Gasteiger partial charge in [0.05, 0.1) is 16.9 Å². The lowest BCUT2D eigenvalue weighted by Crippen LogP contribution is -2.05. The summed E-state index contributed by atoms with van der Waals surface area (Å²) in [6.07, 6.45) is 1.30. The van der Waals surface area contributed by atoms with Gasteiger partial charge in [-0.05, 0) is 31.2 Å². The number of hydrogen-bond donors (Lipinski definition) is 2. The van der Waals surface area contributed by atoms with Crippen molar-refractivity contribution in [3.63, 3.8) is 0 Å². The third-order valence-electron chi connectivity index (χ3n) is 2.64. The fraction of sp³-hybridized carbons (Fsp3) is 0.0714. The summed E-state index contributed by atoms with van der Waals surface area (Å²) in [5.74, 6) is -1.08. The summed E-state index contributed by atoms with van der Waals surface area (Å²) in [5, 5.41) is 21.2. The zero-order valence-corrected chi connectivity index (χ0v) is 12.1. The predicted octanol–water partition coefficient (Wildman–Crippen LogP) is 3.47. The average Bonchev–Trinajstić information content (AvgIpc) is 2.38. The molecule has 20 heavy (non-hydrogen) atoms. The lowest BCUT2D eigenvalue weighted by Gasteiger charge is -2.11. The van der Waals surface area contributed by atoms with E-state index in [1.165, 1.54) is 6.20 Å². The van der Waals surface area contributed by atoms with Gasteiger partial charge in [-0.3, -0.25) is 4.98 Å². The minimum atomic E-state index is -1.08. The van der Waals surface area contributed by atoms with Gasteiger partial charge >= 0.3 is 5.97 Å². The number of aryl methyl sites for hydroxylation is 1. The second kappa shape index (κ2) is 5.72. The minimum Gasteiger partial charge on any atom is -0.478 e. The number of rotatable bonds is 3. The van der Waals surface area contributed by atoms with E-state index in [1.807, 2.05) is 0 Å². The molecule has 100 valence electrons. The Morgan fingerprint density at radius 1 is 1.40 bits per heavy atom. The van der Waals surface area contributed by atoms with Crippen molar-refractivity contribution in [2.24, 2.45) is 0 Å². The second-order valence-corrected chi connectivity index (χ2v) is 5.02. The highest BCUT2D eigenvalue weighted by Crippen LogP contribution is 2.26. The zero-order valence-electron chi connectivity index (χ0n) is 10.5. The Bertz CT molecular complexity index is 723. The molecule has 0 unspecified atom stereocenters. The van der Waals surface area contributed by atoms with Crippen LogP contribution in [0.2, 0.25) is 0 Å². The Hall–Kier alpha value is -2.39. The molecule has 0 bridgehead atoms. The van der Waals surface area contributed by atoms with Crippen LogP contribution in [0.4, 0.5) is 11.4 Å². The molecule has 2 aromatic rings. The molecule has 0 atom stereocenters. The molecule has 1 aromatic carbocycles. The van der Waals surface area contributed by atoms with Crippen LogP contribution in [0.5, 0.6) is 0 Å². The van der Waals surface area contributed by atoms with E-state index in [4.69, 9.17) is 10.4 Å². The monoisotopic (exact) mass is 331 g/mol. The summed E-state index contributed by atoms with van der Waals surface area (Å²) in [6, 6.07) is 8.82. The fourth-order valence-electron chi connectivity index (χ4n) is 1.70. The molecule has 1 aromatic heterocycles. The van der Waals surface area contributed by atoms with Crippen LogP contribution < -0.4 is 5.32 Å². The molecule has 1 heterocycles.